The van der Waals surface area contributed by atoms with E-state index in [2.05, 4.69) is 5.32 Å². The highest BCUT2D eigenvalue weighted by molar-refractivity contribution is 5.68. The molecule has 2 rings (SSSR count). The van der Waals surface area contributed by atoms with E-state index in [-0.39, 0.29) is 12.6 Å². The van der Waals surface area contributed by atoms with Gasteiger partial charge in [-0.15, -0.1) is 0 Å². The number of nitrogen functional groups attached to an aromatic ring is 1. The summed E-state index contributed by atoms with van der Waals surface area (Å²) < 4.78 is 0. The fourth-order valence-electron chi connectivity index (χ4n) is 2.04. The van der Waals surface area contributed by atoms with Crippen LogP contribution >= 0.6 is 0 Å². The van der Waals surface area contributed by atoms with Gasteiger partial charge in [-0.3, -0.25) is 0 Å². The fourth-order valence-corrected chi connectivity index (χ4v) is 2.04. The monoisotopic (exact) mass is 267 g/mol. The Balaban J connectivity index is 2.09. The molecule has 0 aliphatic carbocycles. The van der Waals surface area contributed by atoms with Crippen molar-refractivity contribution in [3.8, 4) is 6.07 Å². The van der Waals surface area contributed by atoms with E-state index in [0.717, 1.165) is 11.3 Å². The molecule has 1 atom stereocenters. The van der Waals surface area contributed by atoms with Gasteiger partial charge in [-0.05, 0) is 30.2 Å². The van der Waals surface area contributed by atoms with Gasteiger partial charge in [-0.1, -0.05) is 30.3 Å². The van der Waals surface area contributed by atoms with Crippen LogP contribution in [-0.2, 0) is 6.42 Å². The van der Waals surface area contributed by atoms with Gasteiger partial charge < -0.3 is 16.2 Å². The first-order valence-corrected chi connectivity index (χ1v) is 6.44. The van der Waals surface area contributed by atoms with E-state index >= 15 is 0 Å². The molecule has 0 aromatic heterocycles. The number of hydrogen-bond acceptors (Lipinski definition) is 4. The van der Waals surface area contributed by atoms with E-state index in [9.17, 15) is 5.11 Å². The first kappa shape index (κ1) is 13.9. The molecule has 0 saturated carbocycles. The lowest BCUT2D eigenvalue weighted by Gasteiger charge is -2.19. The van der Waals surface area contributed by atoms with Crippen LogP contribution in [0, 0.1) is 11.3 Å². The first-order valence-electron chi connectivity index (χ1n) is 6.44. The number of nitrogens with one attached hydrogen (secondary N) is 1. The number of aliphatic hydroxyl groups is 1. The molecule has 0 amide bonds. The van der Waals surface area contributed by atoms with Crippen molar-refractivity contribution in [2.24, 2.45) is 0 Å². The maximum Gasteiger partial charge on any atom is 0.0992 e. The Morgan fingerprint density at radius 3 is 2.55 bits per heavy atom. The molecular formula is C16H17N3O. The average molecular weight is 267 g/mol. The van der Waals surface area contributed by atoms with Crippen molar-refractivity contribution in [2.45, 2.75) is 12.5 Å². The Kier molecular flexibility index (Phi) is 4.59. The van der Waals surface area contributed by atoms with E-state index in [1.807, 2.05) is 36.4 Å². The van der Waals surface area contributed by atoms with Gasteiger partial charge in [-0.2, -0.15) is 5.26 Å². The van der Waals surface area contributed by atoms with Crippen LogP contribution in [0.25, 0.3) is 0 Å². The molecule has 4 nitrogen and oxygen atoms in total. The predicted octanol–water partition coefficient (Wildman–Crippen LogP) is 2.16. The minimum Gasteiger partial charge on any atom is -0.397 e. The third-order valence-corrected chi connectivity index (χ3v) is 3.09. The van der Waals surface area contributed by atoms with Crippen molar-refractivity contribution in [1.82, 2.24) is 0 Å². The predicted molar refractivity (Wildman–Crippen MR) is 80.2 cm³/mol. The third kappa shape index (κ3) is 3.50. The minimum absolute atomic E-state index is 0.00827. The largest absolute Gasteiger partial charge is 0.397 e. The molecule has 4 N–H and O–H groups in total. The van der Waals surface area contributed by atoms with Gasteiger partial charge in [0.05, 0.1) is 35.7 Å². The number of nitrogens with two attached hydrogens (primary N) is 1. The fraction of sp³-hybridized carbons (Fsp3) is 0.188. The van der Waals surface area contributed by atoms with Gasteiger partial charge in [0.2, 0.25) is 0 Å². The van der Waals surface area contributed by atoms with Gasteiger partial charge in [0.25, 0.3) is 0 Å². The molecule has 0 radical (unpaired) electrons. The zero-order valence-corrected chi connectivity index (χ0v) is 11.1. The number of nitrogens with zero attached hydrogens (tertiary/aromatic N) is 1. The lowest BCUT2D eigenvalue weighted by atomic mass is 10.1. The van der Waals surface area contributed by atoms with Crippen LogP contribution in [0.15, 0.2) is 48.5 Å². The average Bonchev–Trinajstić information content (AvgIpc) is 2.49. The molecule has 0 spiro atoms. The maximum absolute atomic E-state index is 9.48. The van der Waals surface area contributed by atoms with Crippen molar-refractivity contribution in [3.63, 3.8) is 0 Å². The molecule has 1 unspecified atom stereocenters. The molecule has 102 valence electrons. The molecule has 0 heterocycles. The van der Waals surface area contributed by atoms with E-state index in [1.54, 1.807) is 18.2 Å². The van der Waals surface area contributed by atoms with E-state index in [1.165, 1.54) is 0 Å². The Morgan fingerprint density at radius 2 is 1.95 bits per heavy atom. The molecule has 0 bridgehead atoms. The molecule has 0 aliphatic rings. The summed E-state index contributed by atoms with van der Waals surface area (Å²) >= 11 is 0. The smallest absolute Gasteiger partial charge is 0.0992 e. The summed E-state index contributed by atoms with van der Waals surface area (Å²) in [4.78, 5) is 0. The number of aliphatic hydroxyl groups excluding tert-OH is 1. The normalized spacial score (nSPS) is 11.6. The Morgan fingerprint density at radius 1 is 1.20 bits per heavy atom. The second-order valence-corrected chi connectivity index (χ2v) is 4.63. The molecule has 0 fully saturated rings. The molecule has 4 heteroatoms. The number of nitriles is 1. The van der Waals surface area contributed by atoms with Gasteiger partial charge in [0.15, 0.2) is 0 Å². The standard InChI is InChI=1S/C16H17N3O/c17-10-13-6-7-16(15(18)9-13)19-14(11-20)8-12-4-2-1-3-5-12/h1-7,9,14,19-20H,8,11,18H2. The van der Waals surface area contributed by atoms with E-state index in [4.69, 9.17) is 11.0 Å². The summed E-state index contributed by atoms with van der Waals surface area (Å²) in [6.45, 7) is 0.00827. The van der Waals surface area contributed by atoms with Gasteiger partial charge in [0.1, 0.15) is 0 Å². The van der Waals surface area contributed by atoms with Gasteiger partial charge >= 0.3 is 0 Å². The zero-order chi connectivity index (χ0) is 14.4. The van der Waals surface area contributed by atoms with Crippen molar-refractivity contribution in [2.75, 3.05) is 17.7 Å². The van der Waals surface area contributed by atoms with Crippen molar-refractivity contribution in [3.05, 3.63) is 59.7 Å². The SMILES string of the molecule is N#Cc1ccc(NC(CO)Cc2ccccc2)c(N)c1. The van der Waals surface area contributed by atoms with Crippen LogP contribution in [0.4, 0.5) is 11.4 Å². The van der Waals surface area contributed by atoms with Crippen molar-refractivity contribution < 1.29 is 5.11 Å². The molecule has 0 saturated heterocycles. The molecule has 2 aromatic carbocycles. The van der Waals surface area contributed by atoms with Crippen molar-refractivity contribution >= 4 is 11.4 Å². The summed E-state index contributed by atoms with van der Waals surface area (Å²) in [7, 11) is 0. The van der Waals surface area contributed by atoms with Crippen LogP contribution in [0.5, 0.6) is 0 Å². The lowest BCUT2D eigenvalue weighted by molar-refractivity contribution is 0.274. The highest BCUT2D eigenvalue weighted by atomic mass is 16.3. The van der Waals surface area contributed by atoms with E-state index < -0.39 is 0 Å². The summed E-state index contributed by atoms with van der Waals surface area (Å²) in [6, 6.07) is 17.0. The molecule has 2 aromatic rings. The van der Waals surface area contributed by atoms with E-state index in [0.29, 0.717) is 17.7 Å². The molecule has 0 aliphatic heterocycles. The van der Waals surface area contributed by atoms with Crippen molar-refractivity contribution in [1.29, 1.82) is 5.26 Å². The number of anilines is 2. The topological polar surface area (TPSA) is 82.1 Å². The van der Waals surface area contributed by atoms with Crippen LogP contribution < -0.4 is 11.1 Å². The summed E-state index contributed by atoms with van der Waals surface area (Å²) in [5.41, 5.74) is 8.81. The summed E-state index contributed by atoms with van der Waals surface area (Å²) in [5, 5.41) is 21.5. The van der Waals surface area contributed by atoms with Crippen LogP contribution in [-0.4, -0.2) is 17.8 Å². The highest BCUT2D eigenvalue weighted by Gasteiger charge is 2.10. The van der Waals surface area contributed by atoms with Crippen LogP contribution in [0.2, 0.25) is 0 Å². The second-order valence-electron chi connectivity index (χ2n) is 4.63. The van der Waals surface area contributed by atoms with Gasteiger partial charge in [0, 0.05) is 0 Å². The Hall–Kier alpha value is -2.51. The minimum atomic E-state index is -0.118. The zero-order valence-electron chi connectivity index (χ0n) is 11.1. The quantitative estimate of drug-likeness (QED) is 0.725. The summed E-state index contributed by atoms with van der Waals surface area (Å²) in [5.74, 6) is 0. The Labute approximate surface area is 118 Å². The second kappa shape index (κ2) is 6.60. The number of benzene rings is 2. The maximum atomic E-state index is 9.48. The third-order valence-electron chi connectivity index (χ3n) is 3.09. The summed E-state index contributed by atoms with van der Waals surface area (Å²) in [6.07, 6.45) is 0.705. The Bertz CT molecular complexity index is 605. The first-order chi connectivity index (χ1) is 9.72. The lowest BCUT2D eigenvalue weighted by Crippen LogP contribution is -2.26. The molecular weight excluding hydrogens is 250 g/mol. The highest BCUT2D eigenvalue weighted by Crippen LogP contribution is 2.21. The van der Waals surface area contributed by atoms with Gasteiger partial charge in [-0.25, -0.2) is 0 Å². The number of rotatable bonds is 5. The molecule has 20 heavy (non-hydrogen) atoms. The van der Waals surface area contributed by atoms with Crippen LogP contribution in [0.3, 0.4) is 0 Å². The number of hydrogen-bond donors (Lipinski definition) is 3. The van der Waals surface area contributed by atoms with Crippen LogP contribution in [0.1, 0.15) is 11.1 Å².